The molecule has 1 unspecified atom stereocenters. The Bertz CT molecular complexity index is 1080. The second kappa shape index (κ2) is 8.79. The minimum absolute atomic E-state index is 0.0804. The Balaban J connectivity index is 1.49. The molecular formula is C21H22ClFN6O. The molecule has 4 heterocycles. The fourth-order valence-corrected chi connectivity index (χ4v) is 3.89. The van der Waals surface area contributed by atoms with Gasteiger partial charge in [-0.2, -0.15) is 0 Å². The molecule has 0 bridgehead atoms. The normalized spacial score (nSPS) is 16.6. The van der Waals surface area contributed by atoms with E-state index in [9.17, 15) is 9.18 Å². The Labute approximate surface area is 178 Å². The molecular weight excluding hydrogens is 407 g/mol. The number of halogens is 2. The summed E-state index contributed by atoms with van der Waals surface area (Å²) >= 11 is 6.06. The number of fused-ring (bicyclic) bond motifs is 1. The van der Waals surface area contributed by atoms with Crippen molar-refractivity contribution in [1.82, 2.24) is 24.8 Å². The molecule has 0 aliphatic carbocycles. The minimum Gasteiger partial charge on any atom is -0.367 e. The van der Waals surface area contributed by atoms with Crippen LogP contribution in [0.1, 0.15) is 19.3 Å². The summed E-state index contributed by atoms with van der Waals surface area (Å²) in [6.07, 6.45) is 8.29. The number of carbonyl (C=O) groups excluding carboxylic acids is 1. The molecule has 9 heteroatoms. The van der Waals surface area contributed by atoms with Crippen molar-refractivity contribution in [3.8, 4) is 11.4 Å². The standard InChI is InChI=1S/C21H22ClFN6O/c1-2-4-18(30)29-6-3-5-13(12-29)8-24-21-17(23)11-27-20(28-21)16-10-26-19-15(16)7-14(22)9-25-19/h2,7,9-11,13H,1,3-6,8,12H2,(H,25,26)(H,24,27,28). The van der Waals surface area contributed by atoms with E-state index in [0.29, 0.717) is 41.6 Å². The molecule has 1 fully saturated rings. The molecule has 156 valence electrons. The predicted molar refractivity (Wildman–Crippen MR) is 115 cm³/mol. The van der Waals surface area contributed by atoms with Gasteiger partial charge < -0.3 is 15.2 Å². The highest BCUT2D eigenvalue weighted by atomic mass is 35.5. The number of nitrogens with zero attached hydrogens (tertiary/aromatic N) is 4. The Morgan fingerprint density at radius 2 is 2.30 bits per heavy atom. The Kier molecular flexibility index (Phi) is 5.94. The van der Waals surface area contributed by atoms with Gasteiger partial charge in [-0.25, -0.2) is 19.3 Å². The van der Waals surface area contributed by atoms with Gasteiger partial charge in [0.05, 0.1) is 11.2 Å². The molecule has 2 N–H and O–H groups in total. The van der Waals surface area contributed by atoms with Crippen molar-refractivity contribution < 1.29 is 9.18 Å². The Hall–Kier alpha value is -3.00. The smallest absolute Gasteiger partial charge is 0.226 e. The van der Waals surface area contributed by atoms with Gasteiger partial charge >= 0.3 is 0 Å². The van der Waals surface area contributed by atoms with Crippen molar-refractivity contribution >= 4 is 34.4 Å². The molecule has 3 aromatic rings. The number of H-pyrrole nitrogens is 1. The predicted octanol–water partition coefficient (Wildman–Crippen LogP) is 4.04. The summed E-state index contributed by atoms with van der Waals surface area (Å²) in [5.41, 5.74) is 1.35. The minimum atomic E-state index is -0.523. The lowest BCUT2D eigenvalue weighted by Gasteiger charge is -2.32. The second-order valence-electron chi connectivity index (χ2n) is 7.36. The molecule has 1 aliphatic heterocycles. The van der Waals surface area contributed by atoms with Gasteiger partial charge in [-0.15, -0.1) is 6.58 Å². The summed E-state index contributed by atoms with van der Waals surface area (Å²) in [7, 11) is 0. The monoisotopic (exact) mass is 428 g/mol. The maximum Gasteiger partial charge on any atom is 0.226 e. The second-order valence-corrected chi connectivity index (χ2v) is 7.80. The number of amides is 1. The van der Waals surface area contributed by atoms with Crippen molar-refractivity contribution in [2.75, 3.05) is 25.0 Å². The highest BCUT2D eigenvalue weighted by molar-refractivity contribution is 6.31. The Morgan fingerprint density at radius 1 is 1.43 bits per heavy atom. The van der Waals surface area contributed by atoms with Crippen molar-refractivity contribution in [2.45, 2.75) is 19.3 Å². The zero-order chi connectivity index (χ0) is 21.1. The highest BCUT2D eigenvalue weighted by Gasteiger charge is 2.23. The number of aromatic amines is 1. The third-order valence-electron chi connectivity index (χ3n) is 5.23. The van der Waals surface area contributed by atoms with E-state index >= 15 is 0 Å². The van der Waals surface area contributed by atoms with Crippen LogP contribution in [0, 0.1) is 11.7 Å². The van der Waals surface area contributed by atoms with Gasteiger partial charge in [0.2, 0.25) is 5.91 Å². The van der Waals surface area contributed by atoms with Crippen molar-refractivity contribution in [1.29, 1.82) is 0 Å². The molecule has 1 saturated heterocycles. The summed E-state index contributed by atoms with van der Waals surface area (Å²) in [5, 5.41) is 4.36. The number of carbonyl (C=O) groups is 1. The van der Waals surface area contributed by atoms with E-state index in [1.165, 1.54) is 0 Å². The van der Waals surface area contributed by atoms with Gasteiger partial charge in [0.1, 0.15) is 5.65 Å². The van der Waals surface area contributed by atoms with Crippen LogP contribution < -0.4 is 5.32 Å². The van der Waals surface area contributed by atoms with Crippen LogP contribution in [0.4, 0.5) is 10.2 Å². The number of nitrogens with one attached hydrogen (secondary N) is 2. The van der Waals surface area contributed by atoms with Crippen LogP contribution in [-0.4, -0.2) is 50.4 Å². The molecule has 3 aromatic heterocycles. The molecule has 1 amide bonds. The first-order valence-electron chi connectivity index (χ1n) is 9.83. The number of aromatic nitrogens is 4. The summed E-state index contributed by atoms with van der Waals surface area (Å²) in [5.74, 6) is 0.294. The largest absolute Gasteiger partial charge is 0.367 e. The molecule has 30 heavy (non-hydrogen) atoms. The van der Waals surface area contributed by atoms with Gasteiger partial charge in [0, 0.05) is 49.4 Å². The number of pyridine rings is 1. The average Bonchev–Trinajstić information content (AvgIpc) is 3.16. The van der Waals surface area contributed by atoms with E-state index in [2.05, 4.69) is 31.8 Å². The van der Waals surface area contributed by atoms with Crippen molar-refractivity contribution in [3.63, 3.8) is 0 Å². The fourth-order valence-electron chi connectivity index (χ4n) is 3.74. The van der Waals surface area contributed by atoms with E-state index in [4.69, 9.17) is 11.6 Å². The molecule has 0 radical (unpaired) electrons. The van der Waals surface area contributed by atoms with E-state index in [1.807, 2.05) is 4.90 Å². The average molecular weight is 429 g/mol. The number of piperidine rings is 1. The van der Waals surface area contributed by atoms with E-state index in [0.717, 1.165) is 31.0 Å². The van der Waals surface area contributed by atoms with E-state index in [-0.39, 0.29) is 17.6 Å². The maximum absolute atomic E-state index is 14.3. The summed E-state index contributed by atoms with van der Waals surface area (Å²) in [4.78, 5) is 29.8. The molecule has 0 spiro atoms. The first kappa shape index (κ1) is 20.3. The van der Waals surface area contributed by atoms with Gasteiger partial charge in [0.25, 0.3) is 0 Å². The number of likely N-dealkylation sites (tertiary alicyclic amines) is 1. The lowest BCUT2D eigenvalue weighted by atomic mass is 9.97. The SMILES string of the molecule is C=CCC(=O)N1CCCC(CNc2nc(-c3c[nH]c4ncc(Cl)cc34)ncc2F)C1. The third kappa shape index (κ3) is 4.28. The van der Waals surface area contributed by atoms with Crippen LogP contribution >= 0.6 is 11.6 Å². The zero-order valence-electron chi connectivity index (χ0n) is 16.4. The summed E-state index contributed by atoms with van der Waals surface area (Å²) in [6, 6.07) is 1.77. The molecule has 4 rings (SSSR count). The van der Waals surface area contributed by atoms with Gasteiger partial charge in [-0.3, -0.25) is 4.79 Å². The van der Waals surface area contributed by atoms with Crippen LogP contribution in [0.3, 0.4) is 0 Å². The van der Waals surface area contributed by atoms with E-state index < -0.39 is 5.82 Å². The van der Waals surface area contributed by atoms with Crippen molar-refractivity contribution in [3.05, 3.63) is 48.2 Å². The fraction of sp³-hybridized carbons (Fsp3) is 0.333. The van der Waals surface area contributed by atoms with Crippen LogP contribution in [0.25, 0.3) is 22.4 Å². The number of hydrogen-bond acceptors (Lipinski definition) is 5. The van der Waals surface area contributed by atoms with Crippen LogP contribution in [0.15, 0.2) is 37.3 Å². The van der Waals surface area contributed by atoms with E-state index in [1.54, 1.807) is 24.5 Å². The third-order valence-corrected chi connectivity index (χ3v) is 5.44. The maximum atomic E-state index is 14.3. The zero-order valence-corrected chi connectivity index (χ0v) is 17.1. The van der Waals surface area contributed by atoms with Crippen LogP contribution in [-0.2, 0) is 4.79 Å². The molecule has 0 aromatic carbocycles. The Morgan fingerprint density at radius 3 is 3.13 bits per heavy atom. The molecule has 0 saturated carbocycles. The highest BCUT2D eigenvalue weighted by Crippen LogP contribution is 2.28. The number of anilines is 1. The topological polar surface area (TPSA) is 86.8 Å². The van der Waals surface area contributed by atoms with Crippen LogP contribution in [0.5, 0.6) is 0 Å². The molecule has 7 nitrogen and oxygen atoms in total. The van der Waals surface area contributed by atoms with Gasteiger partial charge in [-0.05, 0) is 24.8 Å². The lowest BCUT2D eigenvalue weighted by Crippen LogP contribution is -2.41. The summed E-state index contributed by atoms with van der Waals surface area (Å²) < 4.78 is 14.3. The number of rotatable bonds is 6. The molecule has 1 atom stereocenters. The molecule has 1 aliphatic rings. The number of hydrogen-bond donors (Lipinski definition) is 2. The van der Waals surface area contributed by atoms with Gasteiger partial charge in [0.15, 0.2) is 17.5 Å². The van der Waals surface area contributed by atoms with Crippen LogP contribution in [0.2, 0.25) is 5.02 Å². The summed E-state index contributed by atoms with van der Waals surface area (Å²) in [6.45, 7) is 5.55. The first-order chi connectivity index (χ1) is 14.5. The van der Waals surface area contributed by atoms with Crippen molar-refractivity contribution in [2.24, 2.45) is 5.92 Å². The van der Waals surface area contributed by atoms with Gasteiger partial charge in [-0.1, -0.05) is 17.7 Å². The lowest BCUT2D eigenvalue weighted by molar-refractivity contribution is -0.131. The quantitative estimate of drug-likeness (QED) is 0.578. The first-order valence-corrected chi connectivity index (χ1v) is 10.2.